The molecular formula is C15H15Cl2N3O3. The number of benzene rings is 2. The SMILES string of the molecule is Cl.NC(=O)NN=Cc1ccc(OCc2ccc(Cl)cc2)cc1O. The van der Waals surface area contributed by atoms with Crippen molar-refractivity contribution in [3.05, 3.63) is 58.6 Å². The summed E-state index contributed by atoms with van der Waals surface area (Å²) in [5, 5.41) is 14.1. The van der Waals surface area contributed by atoms with E-state index in [-0.39, 0.29) is 18.2 Å². The lowest BCUT2D eigenvalue weighted by atomic mass is 10.2. The molecule has 0 radical (unpaired) electrons. The first-order valence-corrected chi connectivity index (χ1v) is 6.71. The number of nitrogens with two attached hydrogens (primary N) is 1. The number of amides is 2. The Balaban J connectivity index is 0.00000264. The number of carbonyl (C=O) groups is 1. The molecule has 2 amide bonds. The molecule has 8 heteroatoms. The van der Waals surface area contributed by atoms with Crippen LogP contribution >= 0.6 is 24.0 Å². The number of phenols is 1. The zero-order valence-electron chi connectivity index (χ0n) is 11.9. The summed E-state index contributed by atoms with van der Waals surface area (Å²) in [6.45, 7) is 0.354. The number of carbonyl (C=O) groups excluding carboxylic acids is 1. The first kappa shape index (κ1) is 18.6. The standard InChI is InChI=1S/C15H14ClN3O3.ClH/c16-12-4-1-10(2-5-12)9-22-13-6-3-11(14(20)7-13)8-18-19-15(17)21;/h1-8,20H,9H2,(H3,17,19,21);1H. The molecule has 0 saturated carbocycles. The molecule has 2 rings (SSSR count). The van der Waals surface area contributed by atoms with Crippen molar-refractivity contribution in [2.75, 3.05) is 0 Å². The van der Waals surface area contributed by atoms with Gasteiger partial charge in [0.25, 0.3) is 0 Å². The highest BCUT2D eigenvalue weighted by molar-refractivity contribution is 6.30. The van der Waals surface area contributed by atoms with Gasteiger partial charge in [-0.2, -0.15) is 5.10 Å². The van der Waals surface area contributed by atoms with Gasteiger partial charge >= 0.3 is 6.03 Å². The minimum absolute atomic E-state index is 0. The Kier molecular flexibility index (Phi) is 7.18. The summed E-state index contributed by atoms with van der Waals surface area (Å²) >= 11 is 5.81. The Bertz CT molecular complexity index is 691. The van der Waals surface area contributed by atoms with Crippen molar-refractivity contribution in [1.29, 1.82) is 0 Å². The average Bonchev–Trinajstić information content (AvgIpc) is 2.48. The number of phenolic OH excluding ortho intramolecular Hbond substituents is 1. The third-order valence-electron chi connectivity index (χ3n) is 2.70. The Morgan fingerprint density at radius 1 is 1.30 bits per heavy atom. The normalized spacial score (nSPS) is 10.1. The smallest absolute Gasteiger partial charge is 0.332 e. The lowest BCUT2D eigenvalue weighted by Gasteiger charge is -2.08. The van der Waals surface area contributed by atoms with E-state index >= 15 is 0 Å². The fourth-order valence-corrected chi connectivity index (χ4v) is 1.76. The van der Waals surface area contributed by atoms with Gasteiger partial charge in [-0.1, -0.05) is 23.7 Å². The van der Waals surface area contributed by atoms with E-state index in [1.807, 2.05) is 17.6 Å². The second-order valence-corrected chi connectivity index (χ2v) is 4.81. The molecule has 2 aromatic carbocycles. The van der Waals surface area contributed by atoms with Gasteiger partial charge in [-0.15, -0.1) is 12.4 Å². The van der Waals surface area contributed by atoms with Crippen LogP contribution < -0.4 is 15.9 Å². The maximum atomic E-state index is 10.5. The van der Waals surface area contributed by atoms with Crippen LogP contribution in [0.5, 0.6) is 11.5 Å². The number of urea groups is 1. The van der Waals surface area contributed by atoms with Crippen LogP contribution in [0, 0.1) is 0 Å². The second kappa shape index (κ2) is 8.87. The maximum Gasteiger partial charge on any atom is 0.332 e. The summed E-state index contributed by atoms with van der Waals surface area (Å²) in [5.41, 5.74) is 8.29. The van der Waals surface area contributed by atoms with Crippen molar-refractivity contribution in [3.8, 4) is 11.5 Å². The molecule has 0 saturated heterocycles. The van der Waals surface area contributed by atoms with E-state index in [0.29, 0.717) is 22.9 Å². The quantitative estimate of drug-likeness (QED) is 0.567. The minimum Gasteiger partial charge on any atom is -0.507 e. The molecule has 0 unspecified atom stereocenters. The van der Waals surface area contributed by atoms with Gasteiger partial charge in [-0.25, -0.2) is 10.2 Å². The largest absolute Gasteiger partial charge is 0.507 e. The number of hydrazone groups is 1. The summed E-state index contributed by atoms with van der Waals surface area (Å²) in [7, 11) is 0. The van der Waals surface area contributed by atoms with Gasteiger partial charge in [0.15, 0.2) is 0 Å². The predicted molar refractivity (Wildman–Crippen MR) is 91.5 cm³/mol. The Labute approximate surface area is 144 Å². The maximum absolute atomic E-state index is 10.5. The molecule has 0 aliphatic carbocycles. The van der Waals surface area contributed by atoms with Crippen LogP contribution in [0.3, 0.4) is 0 Å². The molecule has 0 atom stereocenters. The van der Waals surface area contributed by atoms with Gasteiger partial charge in [0.05, 0.1) is 6.21 Å². The molecule has 0 aliphatic rings. The van der Waals surface area contributed by atoms with Gasteiger partial charge in [0, 0.05) is 16.7 Å². The molecule has 122 valence electrons. The number of rotatable bonds is 5. The van der Waals surface area contributed by atoms with Crippen LogP contribution in [0.15, 0.2) is 47.6 Å². The summed E-state index contributed by atoms with van der Waals surface area (Å²) in [5.74, 6) is 0.482. The molecule has 0 bridgehead atoms. The van der Waals surface area contributed by atoms with E-state index in [9.17, 15) is 9.90 Å². The third kappa shape index (κ3) is 6.06. The van der Waals surface area contributed by atoms with Crippen molar-refractivity contribution in [2.24, 2.45) is 10.8 Å². The first-order valence-electron chi connectivity index (χ1n) is 6.33. The predicted octanol–water partition coefficient (Wildman–Crippen LogP) is 3.05. The molecule has 2 aromatic rings. The molecule has 0 spiro atoms. The molecule has 0 heterocycles. The monoisotopic (exact) mass is 355 g/mol. The van der Waals surface area contributed by atoms with Crippen LogP contribution in [0.25, 0.3) is 0 Å². The number of nitrogens with zero attached hydrogens (tertiary/aromatic N) is 1. The average molecular weight is 356 g/mol. The molecule has 6 nitrogen and oxygen atoms in total. The van der Waals surface area contributed by atoms with E-state index in [1.54, 1.807) is 24.3 Å². The van der Waals surface area contributed by atoms with Crippen LogP contribution in [-0.4, -0.2) is 17.4 Å². The first-order chi connectivity index (χ1) is 10.5. The second-order valence-electron chi connectivity index (χ2n) is 4.37. The zero-order chi connectivity index (χ0) is 15.9. The number of primary amides is 1. The third-order valence-corrected chi connectivity index (χ3v) is 2.95. The van der Waals surface area contributed by atoms with Gasteiger partial charge in [0.1, 0.15) is 18.1 Å². The fourth-order valence-electron chi connectivity index (χ4n) is 1.64. The van der Waals surface area contributed by atoms with Gasteiger partial charge in [-0.3, -0.25) is 0 Å². The van der Waals surface area contributed by atoms with E-state index in [1.165, 1.54) is 12.3 Å². The van der Waals surface area contributed by atoms with E-state index < -0.39 is 6.03 Å². The molecule has 0 fully saturated rings. The number of ether oxygens (including phenoxy) is 1. The Morgan fingerprint density at radius 2 is 2.00 bits per heavy atom. The van der Waals surface area contributed by atoms with Gasteiger partial charge in [0.2, 0.25) is 0 Å². The van der Waals surface area contributed by atoms with Crippen molar-refractivity contribution in [1.82, 2.24) is 5.43 Å². The van der Waals surface area contributed by atoms with Crippen LogP contribution in [0.4, 0.5) is 4.79 Å². The van der Waals surface area contributed by atoms with E-state index in [2.05, 4.69) is 5.10 Å². The number of halogens is 2. The summed E-state index contributed by atoms with van der Waals surface area (Å²) in [4.78, 5) is 10.5. The summed E-state index contributed by atoms with van der Waals surface area (Å²) in [6.07, 6.45) is 1.28. The van der Waals surface area contributed by atoms with Crippen molar-refractivity contribution in [3.63, 3.8) is 0 Å². The summed E-state index contributed by atoms with van der Waals surface area (Å²) in [6, 6.07) is 11.3. The highest BCUT2D eigenvalue weighted by Gasteiger charge is 2.02. The van der Waals surface area contributed by atoms with E-state index in [0.717, 1.165) is 5.56 Å². The highest BCUT2D eigenvalue weighted by atomic mass is 35.5. The molecule has 4 N–H and O–H groups in total. The van der Waals surface area contributed by atoms with Crippen molar-refractivity contribution in [2.45, 2.75) is 6.61 Å². The summed E-state index contributed by atoms with van der Waals surface area (Å²) < 4.78 is 5.57. The minimum atomic E-state index is -0.779. The van der Waals surface area contributed by atoms with Gasteiger partial charge in [-0.05, 0) is 29.8 Å². The Hall–Kier alpha value is -2.44. The fraction of sp³-hybridized carbons (Fsp3) is 0.0667. The number of hydrogen-bond acceptors (Lipinski definition) is 4. The topological polar surface area (TPSA) is 96.9 Å². The van der Waals surface area contributed by atoms with E-state index in [4.69, 9.17) is 22.1 Å². The van der Waals surface area contributed by atoms with Gasteiger partial charge < -0.3 is 15.6 Å². The van der Waals surface area contributed by atoms with Crippen molar-refractivity contribution >= 4 is 36.3 Å². The molecular weight excluding hydrogens is 341 g/mol. The molecule has 0 aromatic heterocycles. The lowest BCUT2D eigenvalue weighted by Crippen LogP contribution is -2.24. The van der Waals surface area contributed by atoms with Crippen molar-refractivity contribution < 1.29 is 14.6 Å². The van der Waals surface area contributed by atoms with Crippen LogP contribution in [0.2, 0.25) is 5.02 Å². The number of nitrogens with one attached hydrogen (secondary N) is 1. The van der Waals surface area contributed by atoms with Crippen LogP contribution in [0.1, 0.15) is 11.1 Å². The number of aromatic hydroxyl groups is 1. The zero-order valence-corrected chi connectivity index (χ0v) is 13.5. The highest BCUT2D eigenvalue weighted by Crippen LogP contribution is 2.23. The molecule has 23 heavy (non-hydrogen) atoms. The lowest BCUT2D eigenvalue weighted by molar-refractivity contribution is 0.249. The number of hydrogen-bond donors (Lipinski definition) is 3. The Morgan fingerprint density at radius 3 is 2.61 bits per heavy atom. The molecule has 0 aliphatic heterocycles. The van der Waals surface area contributed by atoms with Crippen LogP contribution in [-0.2, 0) is 6.61 Å².